The summed E-state index contributed by atoms with van der Waals surface area (Å²) in [5.74, 6) is 1.07. The van der Waals surface area contributed by atoms with E-state index in [1.165, 1.54) is 0 Å². The summed E-state index contributed by atoms with van der Waals surface area (Å²) in [7, 11) is 0. The van der Waals surface area contributed by atoms with Crippen LogP contribution in [0.15, 0.2) is 60.7 Å². The number of pyridine rings is 1. The van der Waals surface area contributed by atoms with Crippen molar-refractivity contribution in [3.63, 3.8) is 0 Å². The molecule has 2 aromatic carbocycles. The molecule has 30 heavy (non-hydrogen) atoms. The van der Waals surface area contributed by atoms with Crippen LogP contribution < -0.4 is 10.1 Å². The highest BCUT2D eigenvalue weighted by atomic mass is 35.5. The van der Waals surface area contributed by atoms with E-state index in [2.05, 4.69) is 10.3 Å². The second-order valence-corrected chi connectivity index (χ2v) is 7.38. The van der Waals surface area contributed by atoms with E-state index < -0.39 is 0 Å². The molecule has 1 unspecified atom stereocenters. The monoisotopic (exact) mass is 424 g/mol. The zero-order valence-electron chi connectivity index (χ0n) is 17.3. The van der Waals surface area contributed by atoms with E-state index >= 15 is 0 Å². The number of benzene rings is 2. The number of rotatable bonds is 8. The first-order valence-corrected chi connectivity index (χ1v) is 10.3. The summed E-state index contributed by atoms with van der Waals surface area (Å²) in [5, 5.41) is 3.55. The minimum atomic E-state index is -0.215. The van der Waals surface area contributed by atoms with Crippen molar-refractivity contribution in [2.24, 2.45) is 0 Å². The molecule has 0 fully saturated rings. The van der Waals surface area contributed by atoms with E-state index in [0.717, 1.165) is 5.69 Å². The van der Waals surface area contributed by atoms with Gasteiger partial charge in [0.25, 0.3) is 5.91 Å². The van der Waals surface area contributed by atoms with Crippen molar-refractivity contribution in [1.82, 2.24) is 4.98 Å². The summed E-state index contributed by atoms with van der Waals surface area (Å²) in [6, 6.07) is 18.0. The lowest BCUT2D eigenvalue weighted by Crippen LogP contribution is -2.16. The number of anilines is 1. The number of nitrogens with zero attached hydrogens (tertiary/aromatic N) is 1. The highest BCUT2D eigenvalue weighted by molar-refractivity contribution is 6.30. The second-order valence-electron chi connectivity index (χ2n) is 6.94. The van der Waals surface area contributed by atoms with Crippen molar-refractivity contribution < 1.29 is 14.3 Å². The van der Waals surface area contributed by atoms with Gasteiger partial charge in [0.1, 0.15) is 11.5 Å². The van der Waals surface area contributed by atoms with E-state index in [-0.39, 0.29) is 12.0 Å². The Hall–Kier alpha value is -2.89. The van der Waals surface area contributed by atoms with Crippen molar-refractivity contribution in [2.45, 2.75) is 33.3 Å². The van der Waals surface area contributed by atoms with E-state index in [0.29, 0.717) is 46.5 Å². The molecule has 0 aliphatic carbocycles. The normalized spacial score (nSPS) is 11.7. The molecule has 1 N–H and O–H groups in total. The maximum absolute atomic E-state index is 12.7. The van der Waals surface area contributed by atoms with Crippen LogP contribution in [0.25, 0.3) is 0 Å². The van der Waals surface area contributed by atoms with Crippen LogP contribution in [-0.4, -0.2) is 23.6 Å². The Kier molecular flexibility index (Phi) is 7.44. The average Bonchev–Trinajstić information content (AvgIpc) is 2.70. The molecule has 0 aliphatic rings. The number of aryl methyl sites for hydroxylation is 1. The van der Waals surface area contributed by atoms with E-state index in [1.807, 2.05) is 45.0 Å². The molecule has 1 heterocycles. The number of hydrogen-bond donors (Lipinski definition) is 1. The number of amides is 1. The molecule has 1 amide bonds. The van der Waals surface area contributed by atoms with Crippen LogP contribution in [0.4, 0.5) is 5.69 Å². The third-order valence-electron chi connectivity index (χ3n) is 4.48. The molecule has 6 heteroatoms. The van der Waals surface area contributed by atoms with Gasteiger partial charge in [-0.25, -0.2) is 0 Å². The molecule has 3 rings (SSSR count). The molecule has 3 aromatic rings. The first-order chi connectivity index (χ1) is 14.4. The molecule has 156 valence electrons. The molecule has 1 atom stereocenters. The molecule has 5 nitrogen and oxygen atoms in total. The fourth-order valence-corrected chi connectivity index (χ4v) is 3.21. The standard InChI is InChI=1S/C24H25ClN2O3/c1-4-29-16(2)14-20-10-13-23(17(3)26-20)24(28)27-19-6-5-7-22(15-19)30-21-11-8-18(25)9-12-21/h5-13,15-16H,4,14H2,1-3H3,(H,27,28). The highest BCUT2D eigenvalue weighted by Crippen LogP contribution is 2.25. The zero-order chi connectivity index (χ0) is 21.5. The van der Waals surface area contributed by atoms with Gasteiger partial charge in [0.05, 0.1) is 17.4 Å². The molecule has 1 aromatic heterocycles. The molecular formula is C24H25ClN2O3. The second kappa shape index (κ2) is 10.2. The van der Waals surface area contributed by atoms with Crippen molar-refractivity contribution >= 4 is 23.2 Å². The minimum Gasteiger partial charge on any atom is -0.457 e. The Labute approximate surface area is 182 Å². The van der Waals surface area contributed by atoms with E-state index in [9.17, 15) is 4.79 Å². The van der Waals surface area contributed by atoms with Gasteiger partial charge in [-0.05, 0) is 69.3 Å². The maximum Gasteiger partial charge on any atom is 0.257 e. The topological polar surface area (TPSA) is 60.5 Å². The molecule has 0 bridgehead atoms. The zero-order valence-corrected chi connectivity index (χ0v) is 18.1. The van der Waals surface area contributed by atoms with Gasteiger partial charge >= 0.3 is 0 Å². The summed E-state index contributed by atoms with van der Waals surface area (Å²) in [5.41, 5.74) is 2.76. The van der Waals surface area contributed by atoms with Gasteiger partial charge in [-0.1, -0.05) is 17.7 Å². The molecule has 0 radical (unpaired) electrons. The summed E-state index contributed by atoms with van der Waals surface area (Å²) in [6.07, 6.45) is 0.797. The Bertz CT molecular complexity index is 1010. The van der Waals surface area contributed by atoms with Gasteiger partial charge in [-0.2, -0.15) is 0 Å². The Balaban J connectivity index is 1.67. The van der Waals surface area contributed by atoms with Crippen molar-refractivity contribution in [3.05, 3.63) is 82.6 Å². The SMILES string of the molecule is CCOC(C)Cc1ccc(C(=O)Nc2cccc(Oc3ccc(Cl)cc3)c2)c(C)n1. The minimum absolute atomic E-state index is 0.0879. The van der Waals surface area contributed by atoms with Crippen LogP contribution in [0.2, 0.25) is 5.02 Å². The van der Waals surface area contributed by atoms with Crippen molar-refractivity contribution in [2.75, 3.05) is 11.9 Å². The number of ether oxygens (including phenoxy) is 2. The third kappa shape index (κ3) is 6.05. The fourth-order valence-electron chi connectivity index (χ4n) is 3.08. The lowest BCUT2D eigenvalue weighted by Gasteiger charge is -2.13. The maximum atomic E-state index is 12.7. The van der Waals surface area contributed by atoms with E-state index in [4.69, 9.17) is 21.1 Å². The van der Waals surface area contributed by atoms with E-state index in [1.54, 1.807) is 36.4 Å². The lowest BCUT2D eigenvalue weighted by molar-refractivity contribution is 0.0761. The highest BCUT2D eigenvalue weighted by Gasteiger charge is 2.13. The lowest BCUT2D eigenvalue weighted by atomic mass is 10.1. The Morgan fingerprint density at radius 1 is 1.10 bits per heavy atom. The molecule has 0 aliphatic heterocycles. The van der Waals surface area contributed by atoms with Gasteiger partial charge < -0.3 is 14.8 Å². The molecule has 0 spiro atoms. The molecular weight excluding hydrogens is 400 g/mol. The van der Waals surface area contributed by atoms with Crippen molar-refractivity contribution in [3.8, 4) is 11.5 Å². The largest absolute Gasteiger partial charge is 0.457 e. The van der Waals surface area contributed by atoms with Gasteiger partial charge in [0, 0.05) is 35.5 Å². The molecule has 0 saturated carbocycles. The summed E-state index contributed by atoms with van der Waals surface area (Å²) < 4.78 is 11.4. The van der Waals surface area contributed by atoms with Gasteiger partial charge in [-0.3, -0.25) is 9.78 Å². The van der Waals surface area contributed by atoms with Gasteiger partial charge in [0.2, 0.25) is 0 Å². The van der Waals surface area contributed by atoms with Gasteiger partial charge in [-0.15, -0.1) is 0 Å². The predicted molar refractivity (Wildman–Crippen MR) is 120 cm³/mol. The number of aromatic nitrogens is 1. The van der Waals surface area contributed by atoms with Crippen LogP contribution in [0.5, 0.6) is 11.5 Å². The first kappa shape index (κ1) is 21.8. The quantitative estimate of drug-likeness (QED) is 0.477. The number of carbonyl (C=O) groups excluding carboxylic acids is 1. The Morgan fingerprint density at radius 2 is 1.87 bits per heavy atom. The van der Waals surface area contributed by atoms with Crippen LogP contribution in [-0.2, 0) is 11.2 Å². The predicted octanol–water partition coefficient (Wildman–Crippen LogP) is 6.06. The van der Waals surface area contributed by atoms with Crippen LogP contribution in [0, 0.1) is 6.92 Å². The van der Waals surface area contributed by atoms with Crippen LogP contribution in [0.3, 0.4) is 0 Å². The fraction of sp³-hybridized carbons (Fsp3) is 0.250. The van der Waals surface area contributed by atoms with Crippen molar-refractivity contribution in [1.29, 1.82) is 0 Å². The molecule has 0 saturated heterocycles. The average molecular weight is 425 g/mol. The summed E-state index contributed by atoms with van der Waals surface area (Å²) >= 11 is 5.90. The number of nitrogens with one attached hydrogen (secondary N) is 1. The summed E-state index contributed by atoms with van der Waals surface area (Å²) in [6.45, 7) is 6.49. The third-order valence-corrected chi connectivity index (χ3v) is 4.73. The van der Waals surface area contributed by atoms with Crippen LogP contribution >= 0.6 is 11.6 Å². The Morgan fingerprint density at radius 3 is 2.57 bits per heavy atom. The van der Waals surface area contributed by atoms with Gasteiger partial charge in [0.15, 0.2) is 0 Å². The number of carbonyl (C=O) groups is 1. The number of halogens is 1. The number of hydrogen-bond acceptors (Lipinski definition) is 4. The smallest absolute Gasteiger partial charge is 0.257 e. The first-order valence-electron chi connectivity index (χ1n) is 9.87. The summed E-state index contributed by atoms with van der Waals surface area (Å²) in [4.78, 5) is 17.3. The van der Waals surface area contributed by atoms with Crippen LogP contribution in [0.1, 0.15) is 35.6 Å².